The first-order valence-corrected chi connectivity index (χ1v) is 6.29. The van der Waals surface area contributed by atoms with Crippen LogP contribution in [-0.4, -0.2) is 25.0 Å². The van der Waals surface area contributed by atoms with E-state index in [2.05, 4.69) is 6.07 Å². The van der Waals surface area contributed by atoms with Gasteiger partial charge in [0.05, 0.1) is 18.2 Å². The van der Waals surface area contributed by atoms with Crippen molar-refractivity contribution >= 4 is 11.8 Å². The number of hydrogen-bond acceptors (Lipinski definition) is 5. The molecule has 0 unspecified atom stereocenters. The number of carbonyl (C=O) groups excluding carboxylic acids is 2. The molecule has 0 aliphatic heterocycles. The van der Waals surface area contributed by atoms with Crippen molar-refractivity contribution in [3.63, 3.8) is 0 Å². The van der Waals surface area contributed by atoms with E-state index in [1.54, 1.807) is 32.9 Å². The van der Waals surface area contributed by atoms with Gasteiger partial charge in [-0.1, -0.05) is 0 Å². The maximum atomic E-state index is 11.6. The average Bonchev–Trinajstić information content (AvgIpc) is 2.37. The van der Waals surface area contributed by atoms with E-state index in [4.69, 9.17) is 14.7 Å². The van der Waals surface area contributed by atoms with E-state index in [1.165, 1.54) is 0 Å². The van der Waals surface area contributed by atoms with E-state index in [0.29, 0.717) is 11.3 Å². The van der Waals surface area contributed by atoms with Crippen molar-refractivity contribution < 1.29 is 19.1 Å². The van der Waals surface area contributed by atoms with Crippen LogP contribution in [0.3, 0.4) is 0 Å². The third-order valence-corrected chi connectivity index (χ3v) is 2.61. The van der Waals surface area contributed by atoms with Crippen molar-refractivity contribution in [3.8, 4) is 11.8 Å². The molecule has 0 fully saturated rings. The van der Waals surface area contributed by atoms with Crippen LogP contribution < -0.4 is 4.74 Å². The van der Waals surface area contributed by atoms with Crippen LogP contribution >= 0.6 is 0 Å². The van der Waals surface area contributed by atoms with E-state index in [-0.39, 0.29) is 25.4 Å². The van der Waals surface area contributed by atoms with Gasteiger partial charge in [0.2, 0.25) is 0 Å². The third-order valence-electron chi connectivity index (χ3n) is 2.61. The lowest BCUT2D eigenvalue weighted by Gasteiger charge is -2.11. The summed E-state index contributed by atoms with van der Waals surface area (Å²) >= 11 is 0. The Morgan fingerprint density at radius 2 is 1.85 bits per heavy atom. The molecule has 0 heterocycles. The van der Waals surface area contributed by atoms with E-state index in [0.717, 1.165) is 11.1 Å². The van der Waals surface area contributed by atoms with Crippen LogP contribution in [0, 0.1) is 25.2 Å². The first-order valence-electron chi connectivity index (χ1n) is 6.29. The van der Waals surface area contributed by atoms with Crippen LogP contribution in [0.5, 0.6) is 5.75 Å². The Labute approximate surface area is 118 Å². The molecule has 0 radical (unpaired) electrons. The molecule has 0 aromatic heterocycles. The van der Waals surface area contributed by atoms with E-state index >= 15 is 0 Å². The van der Waals surface area contributed by atoms with E-state index in [1.807, 2.05) is 0 Å². The quantitative estimate of drug-likeness (QED) is 0.586. The second kappa shape index (κ2) is 7.29. The van der Waals surface area contributed by atoms with Gasteiger partial charge in [0.25, 0.3) is 0 Å². The number of ketones is 1. The van der Waals surface area contributed by atoms with Gasteiger partial charge in [-0.3, -0.25) is 9.59 Å². The van der Waals surface area contributed by atoms with Crippen LogP contribution in [0.4, 0.5) is 0 Å². The van der Waals surface area contributed by atoms with Crippen molar-refractivity contribution in [2.45, 2.75) is 27.2 Å². The zero-order valence-electron chi connectivity index (χ0n) is 11.9. The molecule has 106 valence electrons. The van der Waals surface area contributed by atoms with Gasteiger partial charge in [-0.15, -0.1) is 0 Å². The first-order chi connectivity index (χ1) is 9.47. The zero-order valence-corrected chi connectivity index (χ0v) is 11.9. The van der Waals surface area contributed by atoms with Crippen LogP contribution in [0.15, 0.2) is 12.1 Å². The number of Topliss-reactive ketones (excluding diaryl/α,β-unsaturated/α-hetero) is 1. The molecular formula is C15H17NO4. The number of nitrogens with zero attached hydrogens (tertiary/aromatic N) is 1. The highest BCUT2D eigenvalue weighted by molar-refractivity contribution is 5.96. The topological polar surface area (TPSA) is 76.4 Å². The van der Waals surface area contributed by atoms with Gasteiger partial charge in [-0.05, 0) is 44.0 Å². The van der Waals surface area contributed by atoms with Gasteiger partial charge >= 0.3 is 5.97 Å². The Kier molecular flexibility index (Phi) is 5.73. The number of carbonyl (C=O) groups is 2. The second-order valence-electron chi connectivity index (χ2n) is 4.36. The first kappa shape index (κ1) is 15.7. The van der Waals surface area contributed by atoms with E-state index < -0.39 is 5.97 Å². The highest BCUT2D eigenvalue weighted by Crippen LogP contribution is 2.24. The third kappa shape index (κ3) is 4.39. The molecule has 0 bridgehead atoms. The van der Waals surface area contributed by atoms with Crippen LogP contribution in [0.2, 0.25) is 0 Å². The van der Waals surface area contributed by atoms with Crippen molar-refractivity contribution in [2.75, 3.05) is 13.2 Å². The number of hydrogen-bond donors (Lipinski definition) is 0. The number of benzene rings is 1. The van der Waals surface area contributed by atoms with Crippen LogP contribution in [-0.2, 0) is 14.3 Å². The van der Waals surface area contributed by atoms with Gasteiger partial charge in [-0.25, -0.2) is 0 Å². The summed E-state index contributed by atoms with van der Waals surface area (Å²) in [5.74, 6) is -0.317. The van der Waals surface area contributed by atoms with Crippen molar-refractivity contribution in [1.29, 1.82) is 5.26 Å². The number of rotatable bonds is 6. The van der Waals surface area contributed by atoms with Crippen LogP contribution in [0.25, 0.3) is 0 Å². The highest BCUT2D eigenvalue weighted by atomic mass is 16.5. The number of nitriles is 1. The summed E-state index contributed by atoms with van der Waals surface area (Å²) in [5, 5.41) is 8.85. The smallest absolute Gasteiger partial charge is 0.313 e. The maximum Gasteiger partial charge on any atom is 0.313 e. The highest BCUT2D eigenvalue weighted by Gasteiger charge is 2.13. The lowest BCUT2D eigenvalue weighted by atomic mass is 10.1. The monoisotopic (exact) mass is 275 g/mol. The molecule has 1 aromatic rings. The fourth-order valence-electron chi connectivity index (χ4n) is 1.82. The predicted octanol–water partition coefficient (Wildman–Crippen LogP) is 2.08. The standard InChI is InChI=1S/C15H17NO4/c1-4-19-14(18)7-13(17)9-20-15-10(2)5-12(8-16)6-11(15)3/h5-6H,4,7,9H2,1-3H3. The molecule has 0 amide bonds. The van der Waals surface area contributed by atoms with Crippen molar-refractivity contribution in [2.24, 2.45) is 0 Å². The minimum absolute atomic E-state index is 0.188. The molecule has 1 aromatic carbocycles. The molecule has 0 spiro atoms. The number of esters is 1. The number of ether oxygens (including phenoxy) is 2. The molecule has 0 aliphatic carbocycles. The Morgan fingerprint density at radius 1 is 1.25 bits per heavy atom. The zero-order chi connectivity index (χ0) is 15.1. The summed E-state index contributed by atoms with van der Waals surface area (Å²) < 4.78 is 10.1. The Balaban J connectivity index is 2.65. The summed E-state index contributed by atoms with van der Waals surface area (Å²) in [4.78, 5) is 22.7. The Hall–Kier alpha value is -2.35. The van der Waals surface area contributed by atoms with Gasteiger partial charge in [0.15, 0.2) is 5.78 Å². The van der Waals surface area contributed by atoms with Gasteiger partial charge < -0.3 is 9.47 Å². The minimum atomic E-state index is -0.547. The largest absolute Gasteiger partial charge is 0.485 e. The van der Waals surface area contributed by atoms with Gasteiger partial charge in [0, 0.05) is 0 Å². The lowest BCUT2D eigenvalue weighted by molar-refractivity contribution is -0.145. The summed E-state index contributed by atoms with van der Waals surface area (Å²) in [6, 6.07) is 5.44. The summed E-state index contributed by atoms with van der Waals surface area (Å²) in [6.07, 6.45) is -0.289. The SMILES string of the molecule is CCOC(=O)CC(=O)COc1c(C)cc(C#N)cc1C. The van der Waals surface area contributed by atoms with Gasteiger partial charge in [0.1, 0.15) is 18.8 Å². The molecule has 0 aliphatic rings. The lowest BCUT2D eigenvalue weighted by Crippen LogP contribution is -2.18. The summed E-state index contributed by atoms with van der Waals surface area (Å²) in [6.45, 7) is 5.35. The Morgan fingerprint density at radius 3 is 2.35 bits per heavy atom. The molecule has 0 atom stereocenters. The molecule has 0 saturated carbocycles. The van der Waals surface area contributed by atoms with Crippen LogP contribution in [0.1, 0.15) is 30.0 Å². The van der Waals surface area contributed by atoms with Crippen molar-refractivity contribution in [1.82, 2.24) is 0 Å². The Bertz CT molecular complexity index is 534. The predicted molar refractivity (Wildman–Crippen MR) is 72.4 cm³/mol. The van der Waals surface area contributed by atoms with E-state index in [9.17, 15) is 9.59 Å². The van der Waals surface area contributed by atoms with Gasteiger partial charge in [-0.2, -0.15) is 5.26 Å². The molecule has 0 N–H and O–H groups in total. The summed E-state index contributed by atoms with van der Waals surface area (Å²) in [7, 11) is 0. The average molecular weight is 275 g/mol. The van der Waals surface area contributed by atoms with Crippen molar-refractivity contribution in [3.05, 3.63) is 28.8 Å². The second-order valence-corrected chi connectivity index (χ2v) is 4.36. The normalized spacial score (nSPS) is 9.70. The molecule has 5 nitrogen and oxygen atoms in total. The molecular weight excluding hydrogens is 258 g/mol. The fraction of sp³-hybridized carbons (Fsp3) is 0.400. The summed E-state index contributed by atoms with van der Waals surface area (Å²) in [5.41, 5.74) is 2.11. The number of aryl methyl sites for hydroxylation is 2. The minimum Gasteiger partial charge on any atom is -0.485 e. The molecule has 1 rings (SSSR count). The molecule has 0 saturated heterocycles. The maximum absolute atomic E-state index is 11.6. The fourth-order valence-corrected chi connectivity index (χ4v) is 1.82. The molecule has 5 heteroatoms. The molecule has 20 heavy (non-hydrogen) atoms.